The molecule has 8 heteroatoms. The van der Waals surface area contributed by atoms with E-state index < -0.39 is 11.5 Å². The lowest BCUT2D eigenvalue weighted by atomic mass is 9.75. The Morgan fingerprint density at radius 1 is 1.20 bits per heavy atom. The first-order valence-electron chi connectivity index (χ1n) is 10.3. The number of primary amides is 1. The molecule has 1 aliphatic carbocycles. The SMILES string of the molecule is CC(C)(C)OC(=O)N1CC(c2c(C(N)=O)nc3n2C2CC(C2)c2ccc(Br)cc2-3)C1. The second-order valence-electron chi connectivity index (χ2n) is 9.54. The van der Waals surface area contributed by atoms with E-state index in [9.17, 15) is 9.59 Å². The summed E-state index contributed by atoms with van der Waals surface area (Å²) in [5.41, 5.74) is 8.74. The molecule has 30 heavy (non-hydrogen) atoms. The zero-order valence-electron chi connectivity index (χ0n) is 17.3. The lowest BCUT2D eigenvalue weighted by Gasteiger charge is -2.42. The van der Waals surface area contributed by atoms with E-state index in [-0.39, 0.29) is 12.0 Å². The fourth-order valence-corrected chi connectivity index (χ4v) is 5.20. The molecule has 0 unspecified atom stereocenters. The number of hydrogen-bond acceptors (Lipinski definition) is 4. The quantitative estimate of drug-likeness (QED) is 0.709. The summed E-state index contributed by atoms with van der Waals surface area (Å²) in [6.07, 6.45) is 1.74. The number of ether oxygens (including phenoxy) is 1. The van der Waals surface area contributed by atoms with Gasteiger partial charge in [-0.1, -0.05) is 22.0 Å². The van der Waals surface area contributed by atoms with Crippen molar-refractivity contribution in [1.82, 2.24) is 14.5 Å². The molecule has 0 atom stereocenters. The van der Waals surface area contributed by atoms with E-state index in [1.54, 1.807) is 4.90 Å². The van der Waals surface area contributed by atoms with Gasteiger partial charge in [0.2, 0.25) is 0 Å². The van der Waals surface area contributed by atoms with E-state index in [1.165, 1.54) is 5.56 Å². The fourth-order valence-electron chi connectivity index (χ4n) is 4.83. The number of nitrogens with zero attached hydrogens (tertiary/aromatic N) is 3. The van der Waals surface area contributed by atoms with Crippen LogP contribution in [0, 0.1) is 0 Å². The number of nitrogens with two attached hydrogens (primary N) is 1. The number of benzene rings is 1. The summed E-state index contributed by atoms with van der Waals surface area (Å²) in [5, 5.41) is 0. The highest BCUT2D eigenvalue weighted by Gasteiger charge is 2.45. The van der Waals surface area contributed by atoms with Crippen molar-refractivity contribution >= 4 is 27.9 Å². The number of likely N-dealkylation sites (tertiary alicyclic amines) is 1. The summed E-state index contributed by atoms with van der Waals surface area (Å²) in [5.74, 6) is 0.836. The minimum atomic E-state index is -0.535. The van der Waals surface area contributed by atoms with Gasteiger partial charge in [0, 0.05) is 35.1 Å². The Labute approximate surface area is 183 Å². The number of halogens is 1. The van der Waals surface area contributed by atoms with Gasteiger partial charge < -0.3 is 19.9 Å². The van der Waals surface area contributed by atoms with E-state index in [1.807, 2.05) is 20.8 Å². The van der Waals surface area contributed by atoms with Gasteiger partial charge in [-0.05, 0) is 57.2 Å². The fraction of sp³-hybridized carbons (Fsp3) is 0.500. The van der Waals surface area contributed by atoms with Gasteiger partial charge >= 0.3 is 6.09 Å². The number of imidazole rings is 1. The molecule has 0 spiro atoms. The Kier molecular flexibility index (Phi) is 4.29. The highest BCUT2D eigenvalue weighted by molar-refractivity contribution is 9.10. The van der Waals surface area contributed by atoms with Gasteiger partial charge in [0.05, 0.1) is 5.69 Å². The number of aromatic nitrogens is 2. The molecule has 7 nitrogen and oxygen atoms in total. The second kappa shape index (κ2) is 6.57. The number of carbonyl (C=O) groups excluding carboxylic acids is 2. The van der Waals surface area contributed by atoms with Crippen molar-refractivity contribution in [1.29, 1.82) is 0 Å². The molecule has 6 rings (SSSR count). The van der Waals surface area contributed by atoms with Gasteiger partial charge in [0.15, 0.2) is 0 Å². The van der Waals surface area contributed by atoms with Crippen LogP contribution < -0.4 is 5.73 Å². The summed E-state index contributed by atoms with van der Waals surface area (Å²) in [4.78, 5) is 31.1. The Bertz CT molecular complexity index is 1060. The first-order valence-corrected chi connectivity index (χ1v) is 11.1. The molecule has 4 aliphatic rings. The standard InChI is InChI=1S/C22H25BrN4O3/c1-22(2,3)30-21(29)26-9-12(10-26)18-17(19(24)28)25-20-16-8-13(23)4-5-15(16)11-6-14(7-11)27(18)20/h4-5,8,11-12,14H,6-7,9-10H2,1-3H3,(H2,24,28). The van der Waals surface area contributed by atoms with Crippen molar-refractivity contribution in [3.05, 3.63) is 39.6 Å². The number of hydrogen-bond donors (Lipinski definition) is 1. The maximum Gasteiger partial charge on any atom is 0.410 e. The van der Waals surface area contributed by atoms with Crippen molar-refractivity contribution in [3.63, 3.8) is 0 Å². The third-order valence-corrected chi connectivity index (χ3v) is 6.77. The second-order valence-corrected chi connectivity index (χ2v) is 10.5. The van der Waals surface area contributed by atoms with E-state index in [4.69, 9.17) is 15.5 Å². The van der Waals surface area contributed by atoms with Gasteiger partial charge in [0.1, 0.15) is 17.1 Å². The van der Waals surface area contributed by atoms with E-state index in [0.29, 0.717) is 30.7 Å². The molecular formula is C22H25BrN4O3. The summed E-state index contributed by atoms with van der Waals surface area (Å²) in [6.45, 7) is 6.57. The van der Waals surface area contributed by atoms with E-state index in [0.717, 1.165) is 34.4 Å². The molecule has 2 fully saturated rings. The van der Waals surface area contributed by atoms with Crippen LogP contribution in [0.2, 0.25) is 0 Å². The molecule has 2 amide bonds. The molecule has 2 aromatic rings. The number of rotatable bonds is 2. The van der Waals surface area contributed by atoms with Crippen LogP contribution in [0.4, 0.5) is 4.79 Å². The molecular weight excluding hydrogens is 448 g/mol. The van der Waals surface area contributed by atoms with Gasteiger partial charge in [-0.3, -0.25) is 4.79 Å². The largest absolute Gasteiger partial charge is 0.444 e. The van der Waals surface area contributed by atoms with Crippen molar-refractivity contribution in [2.45, 2.75) is 57.1 Å². The highest BCUT2D eigenvalue weighted by atomic mass is 79.9. The van der Waals surface area contributed by atoms with E-state index >= 15 is 0 Å². The first-order chi connectivity index (χ1) is 14.1. The summed E-state index contributed by atoms with van der Waals surface area (Å²) >= 11 is 3.57. The molecule has 1 saturated carbocycles. The zero-order chi connectivity index (χ0) is 21.4. The molecule has 2 bridgehead atoms. The van der Waals surface area contributed by atoms with Crippen LogP contribution in [-0.4, -0.2) is 45.1 Å². The van der Waals surface area contributed by atoms with Crippen LogP contribution in [0.25, 0.3) is 11.4 Å². The molecule has 0 radical (unpaired) electrons. The molecule has 3 aliphatic heterocycles. The average molecular weight is 473 g/mol. The van der Waals surface area contributed by atoms with Crippen LogP contribution in [0.5, 0.6) is 0 Å². The van der Waals surface area contributed by atoms with Crippen molar-refractivity contribution in [3.8, 4) is 11.4 Å². The predicted molar refractivity (Wildman–Crippen MR) is 115 cm³/mol. The molecule has 1 aromatic heterocycles. The van der Waals surface area contributed by atoms with Crippen LogP contribution in [-0.2, 0) is 4.74 Å². The average Bonchev–Trinajstić information content (AvgIpc) is 2.80. The van der Waals surface area contributed by atoms with Gasteiger partial charge in [-0.25, -0.2) is 9.78 Å². The Balaban J connectivity index is 1.53. The summed E-state index contributed by atoms with van der Waals surface area (Å²) < 4.78 is 8.69. The van der Waals surface area contributed by atoms with Crippen LogP contribution in [0.15, 0.2) is 22.7 Å². The molecule has 2 N–H and O–H groups in total. The molecule has 4 heterocycles. The van der Waals surface area contributed by atoms with Crippen LogP contribution in [0.3, 0.4) is 0 Å². The minimum Gasteiger partial charge on any atom is -0.444 e. The lowest BCUT2D eigenvalue weighted by molar-refractivity contribution is 0.00732. The Morgan fingerprint density at radius 2 is 1.90 bits per heavy atom. The highest BCUT2D eigenvalue weighted by Crippen LogP contribution is 2.54. The number of amides is 2. The van der Waals surface area contributed by atoms with Crippen molar-refractivity contribution in [2.75, 3.05) is 13.1 Å². The summed E-state index contributed by atoms with van der Waals surface area (Å²) in [7, 11) is 0. The normalized spacial score (nSPS) is 22.3. The smallest absolute Gasteiger partial charge is 0.410 e. The first kappa shape index (κ1) is 19.6. The van der Waals surface area contributed by atoms with Crippen LogP contribution >= 0.6 is 15.9 Å². The minimum absolute atomic E-state index is 0.0222. The van der Waals surface area contributed by atoms with Gasteiger partial charge in [-0.2, -0.15) is 0 Å². The third-order valence-electron chi connectivity index (χ3n) is 6.28. The maximum absolute atomic E-state index is 12.4. The van der Waals surface area contributed by atoms with Crippen molar-refractivity contribution in [2.24, 2.45) is 5.73 Å². The van der Waals surface area contributed by atoms with E-state index in [2.05, 4.69) is 38.7 Å². The molecule has 1 saturated heterocycles. The molecule has 1 aromatic carbocycles. The topological polar surface area (TPSA) is 90.4 Å². The monoisotopic (exact) mass is 472 g/mol. The lowest BCUT2D eigenvalue weighted by Crippen LogP contribution is -2.51. The summed E-state index contributed by atoms with van der Waals surface area (Å²) in [6, 6.07) is 6.60. The molecule has 158 valence electrons. The predicted octanol–water partition coefficient (Wildman–Crippen LogP) is 4.18. The Morgan fingerprint density at radius 3 is 2.53 bits per heavy atom. The zero-order valence-corrected chi connectivity index (χ0v) is 18.9. The van der Waals surface area contributed by atoms with Crippen LogP contribution in [0.1, 0.15) is 73.2 Å². The third kappa shape index (κ3) is 3.04. The Hall–Kier alpha value is -2.35. The van der Waals surface area contributed by atoms with Crippen molar-refractivity contribution < 1.29 is 14.3 Å². The van der Waals surface area contributed by atoms with Gasteiger partial charge in [0.25, 0.3) is 5.91 Å². The number of carbonyl (C=O) groups is 2. The maximum atomic E-state index is 12.4. The van der Waals surface area contributed by atoms with Gasteiger partial charge in [-0.15, -0.1) is 0 Å².